The molecular formula is C15H16N2O3. The minimum atomic E-state index is -0.530. The van der Waals surface area contributed by atoms with Crippen LogP contribution in [0.5, 0.6) is 0 Å². The van der Waals surface area contributed by atoms with Crippen LogP contribution in [-0.4, -0.2) is 28.7 Å². The molecule has 1 unspecified atom stereocenters. The van der Waals surface area contributed by atoms with Crippen molar-refractivity contribution in [3.63, 3.8) is 0 Å². The van der Waals surface area contributed by atoms with Gasteiger partial charge in [-0.05, 0) is 30.0 Å². The Morgan fingerprint density at radius 2 is 2.10 bits per heavy atom. The Kier molecular flexibility index (Phi) is 3.04. The molecule has 1 atom stereocenters. The van der Waals surface area contributed by atoms with Gasteiger partial charge >= 0.3 is 0 Å². The highest BCUT2D eigenvalue weighted by atomic mass is 16.2. The molecule has 2 heterocycles. The first-order valence-corrected chi connectivity index (χ1v) is 6.86. The molecule has 1 saturated heterocycles. The number of rotatable bonds is 2. The standard InChI is InChI=1S/C15H16N2O3/c1-2-9-3-4-11-10(7-9)8-17(15(11)20)12-5-6-13(18)16-14(12)19/h3-4,7,12H,2,5-6,8H2,1H3,(H,16,18,19). The molecule has 2 aliphatic heterocycles. The minimum Gasteiger partial charge on any atom is -0.322 e. The minimum absolute atomic E-state index is 0.114. The van der Waals surface area contributed by atoms with Gasteiger partial charge in [-0.25, -0.2) is 0 Å². The van der Waals surface area contributed by atoms with E-state index >= 15 is 0 Å². The van der Waals surface area contributed by atoms with Crippen molar-refractivity contribution in [2.45, 2.75) is 38.8 Å². The molecule has 1 aromatic rings. The van der Waals surface area contributed by atoms with Gasteiger partial charge in [0, 0.05) is 18.5 Å². The number of hydrogen-bond acceptors (Lipinski definition) is 3. The molecule has 0 spiro atoms. The lowest BCUT2D eigenvalue weighted by Gasteiger charge is -2.29. The molecule has 3 rings (SSSR count). The van der Waals surface area contributed by atoms with E-state index in [1.54, 1.807) is 4.90 Å². The number of fused-ring (bicyclic) bond motifs is 1. The normalized spacial score (nSPS) is 21.9. The monoisotopic (exact) mass is 272 g/mol. The lowest BCUT2D eigenvalue weighted by molar-refractivity contribution is -0.136. The smallest absolute Gasteiger partial charge is 0.255 e. The van der Waals surface area contributed by atoms with Gasteiger partial charge in [0.2, 0.25) is 11.8 Å². The van der Waals surface area contributed by atoms with E-state index in [2.05, 4.69) is 12.2 Å². The molecule has 0 aromatic heterocycles. The van der Waals surface area contributed by atoms with Crippen LogP contribution in [-0.2, 0) is 22.6 Å². The summed E-state index contributed by atoms with van der Waals surface area (Å²) in [5, 5.41) is 2.30. The highest BCUT2D eigenvalue weighted by Gasteiger charge is 2.38. The number of nitrogens with zero attached hydrogens (tertiary/aromatic N) is 1. The van der Waals surface area contributed by atoms with Gasteiger partial charge in [-0.3, -0.25) is 19.7 Å². The zero-order valence-corrected chi connectivity index (χ0v) is 11.3. The van der Waals surface area contributed by atoms with E-state index in [4.69, 9.17) is 0 Å². The van der Waals surface area contributed by atoms with Gasteiger partial charge in [0.25, 0.3) is 5.91 Å². The Labute approximate surface area is 116 Å². The van der Waals surface area contributed by atoms with Crippen LogP contribution in [0.25, 0.3) is 0 Å². The lowest BCUT2D eigenvalue weighted by atomic mass is 10.0. The molecule has 3 amide bonds. The van der Waals surface area contributed by atoms with Gasteiger partial charge in [0.1, 0.15) is 6.04 Å². The molecule has 20 heavy (non-hydrogen) atoms. The van der Waals surface area contributed by atoms with E-state index in [0.29, 0.717) is 18.5 Å². The molecule has 0 bridgehead atoms. The molecule has 2 aliphatic rings. The number of carbonyl (C=O) groups excluding carboxylic acids is 3. The maximum Gasteiger partial charge on any atom is 0.255 e. The van der Waals surface area contributed by atoms with Crippen molar-refractivity contribution in [2.75, 3.05) is 0 Å². The van der Waals surface area contributed by atoms with Crippen LogP contribution < -0.4 is 5.32 Å². The number of aryl methyl sites for hydroxylation is 1. The fourth-order valence-electron chi connectivity index (χ4n) is 2.85. The van der Waals surface area contributed by atoms with E-state index in [-0.39, 0.29) is 24.1 Å². The van der Waals surface area contributed by atoms with Gasteiger partial charge in [0.05, 0.1) is 0 Å². The van der Waals surface area contributed by atoms with Crippen LogP contribution in [0.15, 0.2) is 18.2 Å². The van der Waals surface area contributed by atoms with Crippen molar-refractivity contribution in [2.24, 2.45) is 0 Å². The highest BCUT2D eigenvalue weighted by molar-refractivity contribution is 6.05. The molecule has 0 saturated carbocycles. The van der Waals surface area contributed by atoms with Crippen LogP contribution in [0.1, 0.15) is 41.3 Å². The molecule has 1 aromatic carbocycles. The third-order valence-electron chi connectivity index (χ3n) is 4.00. The van der Waals surface area contributed by atoms with Crippen molar-refractivity contribution in [1.29, 1.82) is 0 Å². The molecule has 0 aliphatic carbocycles. The summed E-state index contributed by atoms with van der Waals surface area (Å²) >= 11 is 0. The summed E-state index contributed by atoms with van der Waals surface area (Å²) < 4.78 is 0. The Morgan fingerprint density at radius 3 is 2.80 bits per heavy atom. The van der Waals surface area contributed by atoms with Gasteiger partial charge in [-0.2, -0.15) is 0 Å². The van der Waals surface area contributed by atoms with Crippen molar-refractivity contribution < 1.29 is 14.4 Å². The average Bonchev–Trinajstić information content (AvgIpc) is 2.75. The zero-order valence-electron chi connectivity index (χ0n) is 11.3. The second kappa shape index (κ2) is 4.74. The fraction of sp³-hybridized carbons (Fsp3) is 0.400. The van der Waals surface area contributed by atoms with E-state index < -0.39 is 6.04 Å². The van der Waals surface area contributed by atoms with Crippen molar-refractivity contribution in [1.82, 2.24) is 10.2 Å². The summed E-state index contributed by atoms with van der Waals surface area (Å²) in [5.74, 6) is -0.737. The predicted octanol–water partition coefficient (Wildman–Crippen LogP) is 1.01. The Hall–Kier alpha value is -2.17. The second-order valence-corrected chi connectivity index (χ2v) is 5.25. The van der Waals surface area contributed by atoms with Crippen molar-refractivity contribution in [3.05, 3.63) is 34.9 Å². The summed E-state index contributed by atoms with van der Waals surface area (Å²) in [6.45, 7) is 2.52. The number of nitrogens with one attached hydrogen (secondary N) is 1. The zero-order chi connectivity index (χ0) is 14.3. The van der Waals surface area contributed by atoms with E-state index in [1.807, 2.05) is 18.2 Å². The number of benzene rings is 1. The summed E-state index contributed by atoms with van der Waals surface area (Å²) in [6, 6.07) is 5.28. The first kappa shape index (κ1) is 12.8. The Balaban J connectivity index is 1.86. The Bertz CT molecular complexity index is 609. The SMILES string of the molecule is CCc1ccc2c(c1)CN(C1CCC(=O)NC1=O)C2=O. The van der Waals surface area contributed by atoms with Gasteiger partial charge < -0.3 is 4.90 Å². The maximum absolute atomic E-state index is 12.4. The molecule has 5 nitrogen and oxygen atoms in total. The first-order chi connectivity index (χ1) is 9.60. The number of imide groups is 1. The quantitative estimate of drug-likeness (QED) is 0.817. The third-order valence-corrected chi connectivity index (χ3v) is 4.00. The van der Waals surface area contributed by atoms with Crippen LogP contribution in [0.3, 0.4) is 0 Å². The van der Waals surface area contributed by atoms with E-state index in [0.717, 1.165) is 12.0 Å². The van der Waals surface area contributed by atoms with Crippen LogP contribution >= 0.6 is 0 Å². The topological polar surface area (TPSA) is 66.5 Å². The third kappa shape index (κ3) is 1.99. The Morgan fingerprint density at radius 1 is 1.30 bits per heavy atom. The van der Waals surface area contributed by atoms with Crippen LogP contribution in [0, 0.1) is 0 Å². The van der Waals surface area contributed by atoms with Gasteiger partial charge in [-0.15, -0.1) is 0 Å². The summed E-state index contributed by atoms with van der Waals surface area (Å²) in [7, 11) is 0. The lowest BCUT2D eigenvalue weighted by Crippen LogP contribution is -2.52. The average molecular weight is 272 g/mol. The maximum atomic E-state index is 12.4. The molecular weight excluding hydrogens is 256 g/mol. The second-order valence-electron chi connectivity index (χ2n) is 5.25. The molecule has 1 fully saturated rings. The van der Waals surface area contributed by atoms with Crippen LogP contribution in [0.4, 0.5) is 0 Å². The van der Waals surface area contributed by atoms with Gasteiger partial charge in [-0.1, -0.05) is 19.1 Å². The van der Waals surface area contributed by atoms with Crippen LogP contribution in [0.2, 0.25) is 0 Å². The summed E-state index contributed by atoms with van der Waals surface area (Å²) in [6.07, 6.45) is 1.61. The summed E-state index contributed by atoms with van der Waals surface area (Å²) in [4.78, 5) is 37.0. The van der Waals surface area contributed by atoms with E-state index in [1.165, 1.54) is 5.56 Å². The number of hydrogen-bond donors (Lipinski definition) is 1. The van der Waals surface area contributed by atoms with Crippen molar-refractivity contribution >= 4 is 17.7 Å². The van der Waals surface area contributed by atoms with Gasteiger partial charge in [0.15, 0.2) is 0 Å². The largest absolute Gasteiger partial charge is 0.322 e. The van der Waals surface area contributed by atoms with E-state index in [9.17, 15) is 14.4 Å². The van der Waals surface area contributed by atoms with Crippen molar-refractivity contribution in [3.8, 4) is 0 Å². The first-order valence-electron chi connectivity index (χ1n) is 6.86. The number of carbonyl (C=O) groups is 3. The number of piperidine rings is 1. The predicted molar refractivity (Wildman–Crippen MR) is 71.9 cm³/mol. The molecule has 1 N–H and O–H groups in total. The number of amides is 3. The molecule has 104 valence electrons. The summed E-state index contributed by atoms with van der Waals surface area (Å²) in [5.41, 5.74) is 2.83. The molecule has 0 radical (unpaired) electrons. The fourth-order valence-corrected chi connectivity index (χ4v) is 2.85. The highest BCUT2D eigenvalue weighted by Crippen LogP contribution is 2.28. The molecule has 5 heteroatoms.